The molecule has 2 heterocycles. The first-order valence-electron chi connectivity index (χ1n) is 11.6. The number of ether oxygens (including phenoxy) is 1. The molecule has 0 aliphatic rings. The fourth-order valence-electron chi connectivity index (χ4n) is 3.60. The summed E-state index contributed by atoms with van der Waals surface area (Å²) < 4.78 is 6.64. The lowest BCUT2D eigenvalue weighted by Gasteiger charge is -2.10. The Labute approximate surface area is 224 Å². The summed E-state index contributed by atoms with van der Waals surface area (Å²) in [6, 6.07) is 17.6. The van der Waals surface area contributed by atoms with Crippen molar-refractivity contribution in [3.8, 4) is 11.8 Å². The van der Waals surface area contributed by atoms with E-state index < -0.39 is 0 Å². The Morgan fingerprint density at radius 2 is 2.11 bits per heavy atom. The van der Waals surface area contributed by atoms with E-state index in [1.165, 1.54) is 12.3 Å². The summed E-state index contributed by atoms with van der Waals surface area (Å²) >= 11 is 6.45. The van der Waals surface area contributed by atoms with Gasteiger partial charge in [0.2, 0.25) is 5.91 Å². The molecule has 0 aliphatic carbocycles. The quantitative estimate of drug-likeness (QED) is 0.254. The number of hydrogen-bond donors (Lipinski definition) is 2. The van der Waals surface area contributed by atoms with Crippen LogP contribution < -0.4 is 15.4 Å². The van der Waals surface area contributed by atoms with E-state index in [2.05, 4.69) is 21.4 Å². The molecule has 1 amide bonds. The number of carbonyl (C=O) groups is 1. The van der Waals surface area contributed by atoms with E-state index in [0.29, 0.717) is 45.0 Å². The van der Waals surface area contributed by atoms with Gasteiger partial charge in [-0.2, -0.15) is 9.99 Å². The standard InChI is InChI=1S/C28H25ClN6O3/c1-34(2)13-5-7-27(36)32-20-8-10-25-23(14-20)28(19(16-30)17-35(25)37)33-21-9-11-26(24(29)15-21)38-18-22-6-3-4-12-31-22/h3-12,14-15,17,37H,13,18H2,1-2H3,(H,32,36). The third-order valence-corrected chi connectivity index (χ3v) is 5.69. The van der Waals surface area contributed by atoms with E-state index in [0.717, 1.165) is 10.4 Å². The number of nitrogens with zero attached hydrogens (tertiary/aromatic N) is 5. The number of nitrogens with one attached hydrogen (secondary N) is 1. The van der Waals surface area contributed by atoms with Crippen LogP contribution in [0.5, 0.6) is 5.75 Å². The topological polar surface area (TPSA) is 116 Å². The number of benzene rings is 2. The maximum Gasteiger partial charge on any atom is 0.248 e. The summed E-state index contributed by atoms with van der Waals surface area (Å²) in [5, 5.41) is 24.1. The summed E-state index contributed by atoms with van der Waals surface area (Å²) in [5.74, 6) is 0.168. The van der Waals surface area contributed by atoms with Crippen molar-refractivity contribution in [1.29, 1.82) is 5.26 Å². The van der Waals surface area contributed by atoms with E-state index >= 15 is 0 Å². The zero-order chi connectivity index (χ0) is 27.1. The molecule has 0 bridgehead atoms. The highest BCUT2D eigenvalue weighted by Gasteiger charge is 2.11. The Bertz CT molecular complexity index is 1610. The van der Waals surface area contributed by atoms with Gasteiger partial charge in [-0.25, -0.2) is 4.99 Å². The van der Waals surface area contributed by atoms with Crippen molar-refractivity contribution in [3.63, 3.8) is 0 Å². The molecule has 0 unspecified atom stereocenters. The van der Waals surface area contributed by atoms with Gasteiger partial charge in [-0.05, 0) is 62.6 Å². The Balaban J connectivity index is 1.68. The molecule has 0 aliphatic heterocycles. The van der Waals surface area contributed by atoms with Gasteiger partial charge in [-0.1, -0.05) is 23.7 Å². The summed E-state index contributed by atoms with van der Waals surface area (Å²) in [5.41, 5.74) is 2.28. The molecular weight excluding hydrogens is 504 g/mol. The molecule has 38 heavy (non-hydrogen) atoms. The molecular formula is C28H25ClN6O3. The SMILES string of the molecule is CN(C)CC=CC(=O)Nc1ccc2c(c1)c(=Nc1ccc(OCc3ccccn3)c(Cl)c1)c(C#N)cn2O. The molecule has 2 aromatic carbocycles. The molecule has 0 fully saturated rings. The Morgan fingerprint density at radius 3 is 2.82 bits per heavy atom. The lowest BCUT2D eigenvalue weighted by molar-refractivity contribution is -0.111. The van der Waals surface area contributed by atoms with Crippen molar-refractivity contribution in [2.75, 3.05) is 26.0 Å². The van der Waals surface area contributed by atoms with Crippen molar-refractivity contribution >= 4 is 39.8 Å². The number of carbonyl (C=O) groups excluding carboxylic acids is 1. The van der Waals surface area contributed by atoms with Crippen LogP contribution in [0.3, 0.4) is 0 Å². The summed E-state index contributed by atoms with van der Waals surface area (Å²) in [6.07, 6.45) is 6.18. The Kier molecular flexibility index (Phi) is 8.38. The minimum absolute atomic E-state index is 0.140. The number of likely N-dealkylation sites (N-methyl/N-ethyl adjacent to an activating group) is 1. The van der Waals surface area contributed by atoms with Crippen molar-refractivity contribution < 1.29 is 14.7 Å². The molecule has 4 rings (SSSR count). The van der Waals surface area contributed by atoms with E-state index in [9.17, 15) is 15.3 Å². The van der Waals surface area contributed by atoms with Crippen LogP contribution in [0.4, 0.5) is 11.4 Å². The summed E-state index contributed by atoms with van der Waals surface area (Å²) in [4.78, 5) is 23.2. The minimum Gasteiger partial charge on any atom is -0.486 e. The summed E-state index contributed by atoms with van der Waals surface area (Å²) in [6.45, 7) is 0.883. The molecule has 0 saturated carbocycles. The van der Waals surface area contributed by atoms with Crippen LogP contribution in [0.15, 0.2) is 84.1 Å². The number of fused-ring (bicyclic) bond motifs is 1. The van der Waals surface area contributed by atoms with E-state index in [-0.39, 0.29) is 18.1 Å². The second kappa shape index (κ2) is 12.1. The first-order valence-corrected chi connectivity index (χ1v) is 12.0. The van der Waals surface area contributed by atoms with Gasteiger partial charge in [-0.3, -0.25) is 9.78 Å². The molecule has 9 nitrogen and oxygen atoms in total. The van der Waals surface area contributed by atoms with Gasteiger partial charge in [0.05, 0.1) is 39.0 Å². The number of amides is 1. The van der Waals surface area contributed by atoms with Crippen LogP contribution in [-0.4, -0.2) is 46.4 Å². The number of anilines is 1. The van der Waals surface area contributed by atoms with E-state index in [1.807, 2.05) is 37.2 Å². The van der Waals surface area contributed by atoms with Crippen molar-refractivity contribution in [3.05, 3.63) is 101 Å². The zero-order valence-corrected chi connectivity index (χ0v) is 21.6. The largest absolute Gasteiger partial charge is 0.486 e. The van der Waals surface area contributed by atoms with Crippen LogP contribution in [0.25, 0.3) is 10.9 Å². The third kappa shape index (κ3) is 6.56. The molecule has 0 saturated heterocycles. The first kappa shape index (κ1) is 26.4. The highest BCUT2D eigenvalue weighted by atomic mass is 35.5. The molecule has 2 N–H and O–H groups in total. The molecule has 10 heteroatoms. The molecule has 4 aromatic rings. The molecule has 0 spiro atoms. The Hall–Kier alpha value is -4.65. The van der Waals surface area contributed by atoms with Crippen molar-refractivity contribution in [2.45, 2.75) is 6.61 Å². The maximum atomic E-state index is 12.3. The van der Waals surface area contributed by atoms with Crippen LogP contribution >= 0.6 is 11.6 Å². The number of halogens is 1. The van der Waals surface area contributed by atoms with E-state index in [4.69, 9.17) is 16.3 Å². The van der Waals surface area contributed by atoms with Crippen LogP contribution in [0.1, 0.15) is 11.3 Å². The highest BCUT2D eigenvalue weighted by Crippen LogP contribution is 2.29. The normalized spacial score (nSPS) is 11.7. The lowest BCUT2D eigenvalue weighted by Crippen LogP contribution is -2.15. The maximum absolute atomic E-state index is 12.3. The molecule has 0 atom stereocenters. The fourth-order valence-corrected chi connectivity index (χ4v) is 3.83. The average molecular weight is 529 g/mol. The third-order valence-electron chi connectivity index (χ3n) is 5.39. The van der Waals surface area contributed by atoms with E-state index in [1.54, 1.807) is 48.7 Å². The van der Waals surface area contributed by atoms with Crippen LogP contribution in [0, 0.1) is 11.3 Å². The second-order valence-electron chi connectivity index (χ2n) is 8.57. The summed E-state index contributed by atoms with van der Waals surface area (Å²) in [7, 11) is 3.81. The van der Waals surface area contributed by atoms with Crippen LogP contribution in [-0.2, 0) is 11.4 Å². The van der Waals surface area contributed by atoms with Crippen molar-refractivity contribution in [2.24, 2.45) is 4.99 Å². The number of aromatic nitrogens is 2. The minimum atomic E-state index is -0.300. The number of pyridine rings is 2. The van der Waals surface area contributed by atoms with Gasteiger partial charge in [0.25, 0.3) is 0 Å². The lowest BCUT2D eigenvalue weighted by atomic mass is 10.1. The van der Waals surface area contributed by atoms with Gasteiger partial charge < -0.3 is 20.2 Å². The predicted octanol–water partition coefficient (Wildman–Crippen LogP) is 4.67. The van der Waals surface area contributed by atoms with Gasteiger partial charge in [0, 0.05) is 29.9 Å². The molecule has 192 valence electrons. The predicted molar refractivity (Wildman–Crippen MR) is 145 cm³/mol. The zero-order valence-electron chi connectivity index (χ0n) is 20.8. The molecule has 2 aromatic heterocycles. The monoisotopic (exact) mass is 528 g/mol. The number of rotatable bonds is 8. The van der Waals surface area contributed by atoms with Gasteiger partial charge in [0.1, 0.15) is 18.4 Å². The smallest absolute Gasteiger partial charge is 0.248 e. The van der Waals surface area contributed by atoms with Gasteiger partial charge in [0.15, 0.2) is 0 Å². The van der Waals surface area contributed by atoms with Gasteiger partial charge >= 0.3 is 0 Å². The average Bonchev–Trinajstić information content (AvgIpc) is 2.90. The highest BCUT2D eigenvalue weighted by molar-refractivity contribution is 6.32. The first-order chi connectivity index (χ1) is 18.3. The second-order valence-corrected chi connectivity index (χ2v) is 8.98. The van der Waals surface area contributed by atoms with Crippen molar-refractivity contribution in [1.82, 2.24) is 14.6 Å². The number of nitriles is 1. The molecule has 0 radical (unpaired) electrons. The van der Waals surface area contributed by atoms with Crippen LogP contribution in [0.2, 0.25) is 5.02 Å². The van der Waals surface area contributed by atoms with Gasteiger partial charge in [-0.15, -0.1) is 0 Å². The Morgan fingerprint density at radius 1 is 1.26 bits per heavy atom. The fraction of sp³-hybridized carbons (Fsp3) is 0.143. The number of hydrogen-bond acceptors (Lipinski definition) is 7.